The molecule has 130 valence electrons. The molecule has 26 heavy (non-hydrogen) atoms. The Balaban J connectivity index is 1.67. The first-order valence-corrected chi connectivity index (χ1v) is 7.95. The molecule has 1 N–H and O–H groups in total. The van der Waals surface area contributed by atoms with Gasteiger partial charge in [0.2, 0.25) is 5.89 Å². The van der Waals surface area contributed by atoms with Gasteiger partial charge in [0, 0.05) is 5.56 Å². The third-order valence-electron chi connectivity index (χ3n) is 3.55. The third kappa shape index (κ3) is 2.93. The highest BCUT2D eigenvalue weighted by Crippen LogP contribution is 2.18. The molecule has 0 spiro atoms. The molecule has 0 atom stereocenters. The molecule has 0 radical (unpaired) electrons. The number of nitrogens with zero attached hydrogens (tertiary/aromatic N) is 5. The van der Waals surface area contributed by atoms with E-state index in [0.29, 0.717) is 23.2 Å². The fourth-order valence-electron chi connectivity index (χ4n) is 2.34. The molecule has 1 aromatic carbocycles. The van der Waals surface area contributed by atoms with Gasteiger partial charge in [0.05, 0.1) is 18.2 Å². The smallest absolute Gasteiger partial charge is 0.371 e. The Bertz CT molecular complexity index is 1180. The van der Waals surface area contributed by atoms with Crippen molar-refractivity contribution in [2.75, 3.05) is 0 Å². The van der Waals surface area contributed by atoms with Gasteiger partial charge in [-0.05, 0) is 55.5 Å². The molecule has 0 saturated carbocycles. The fourth-order valence-corrected chi connectivity index (χ4v) is 2.46. The third-order valence-corrected chi connectivity index (χ3v) is 3.73. The van der Waals surface area contributed by atoms with Gasteiger partial charge in [-0.25, -0.2) is 9.89 Å². The largest absolute Gasteiger partial charge is 0.463 e. The van der Waals surface area contributed by atoms with E-state index in [0.717, 1.165) is 5.56 Å². The van der Waals surface area contributed by atoms with Crippen molar-refractivity contribution in [1.29, 1.82) is 0 Å². The van der Waals surface area contributed by atoms with Crippen molar-refractivity contribution in [3.8, 4) is 17.1 Å². The Morgan fingerprint density at radius 1 is 1.27 bits per heavy atom. The number of benzene rings is 1. The minimum absolute atomic E-state index is 0.198. The molecule has 0 aliphatic rings. The molecule has 0 aliphatic carbocycles. The van der Waals surface area contributed by atoms with E-state index < -0.39 is 5.69 Å². The van der Waals surface area contributed by atoms with Gasteiger partial charge >= 0.3 is 5.69 Å². The number of nitrogens with one attached hydrogen (secondary N) is 1. The molecule has 9 nitrogen and oxygen atoms in total. The quantitative estimate of drug-likeness (QED) is 0.438. The van der Waals surface area contributed by atoms with E-state index in [-0.39, 0.29) is 4.84 Å². The Morgan fingerprint density at radius 2 is 2.08 bits per heavy atom. The van der Waals surface area contributed by atoms with Crippen molar-refractivity contribution < 1.29 is 8.83 Å². The zero-order valence-corrected chi connectivity index (χ0v) is 14.3. The van der Waals surface area contributed by atoms with Crippen molar-refractivity contribution in [3.63, 3.8) is 0 Å². The molecule has 0 aliphatic heterocycles. The lowest BCUT2D eigenvalue weighted by atomic mass is 10.2. The number of aromatic nitrogens is 5. The average Bonchev–Trinajstić information content (AvgIpc) is 3.36. The number of hydrogen-bond donors (Lipinski definition) is 1. The van der Waals surface area contributed by atoms with Crippen LogP contribution in [-0.4, -0.2) is 30.9 Å². The second kappa shape index (κ2) is 6.41. The Hall–Kier alpha value is -3.53. The van der Waals surface area contributed by atoms with Crippen LogP contribution in [0.5, 0.6) is 0 Å². The highest BCUT2D eigenvalue weighted by Gasteiger charge is 2.12. The fraction of sp³-hybridized carbons (Fsp3) is 0.0625. The minimum atomic E-state index is -0.393. The van der Waals surface area contributed by atoms with Gasteiger partial charge in [-0.1, -0.05) is 0 Å². The molecule has 0 bridgehead atoms. The Kier molecular flexibility index (Phi) is 3.93. The minimum Gasteiger partial charge on any atom is -0.463 e. The second-order valence-electron chi connectivity index (χ2n) is 5.28. The topological polar surface area (TPSA) is 107 Å². The summed E-state index contributed by atoms with van der Waals surface area (Å²) in [7, 11) is 0. The van der Waals surface area contributed by atoms with Crippen LogP contribution in [0.1, 0.15) is 11.6 Å². The van der Waals surface area contributed by atoms with E-state index in [1.165, 1.54) is 21.8 Å². The predicted molar refractivity (Wildman–Crippen MR) is 94.9 cm³/mol. The van der Waals surface area contributed by atoms with Crippen LogP contribution >= 0.6 is 12.2 Å². The summed E-state index contributed by atoms with van der Waals surface area (Å²) < 4.78 is 12.9. The van der Waals surface area contributed by atoms with E-state index in [1.54, 1.807) is 43.3 Å². The van der Waals surface area contributed by atoms with E-state index in [1.807, 2.05) is 0 Å². The average molecular weight is 368 g/mol. The van der Waals surface area contributed by atoms with E-state index in [2.05, 4.69) is 20.4 Å². The lowest BCUT2D eigenvalue weighted by Gasteiger charge is -2.00. The summed E-state index contributed by atoms with van der Waals surface area (Å²) in [5.74, 6) is 1.36. The second-order valence-corrected chi connectivity index (χ2v) is 5.65. The Labute approximate surface area is 151 Å². The van der Waals surface area contributed by atoms with Crippen LogP contribution < -0.4 is 5.69 Å². The summed E-state index contributed by atoms with van der Waals surface area (Å²) in [5, 5.41) is 14.9. The molecular weight excluding hydrogens is 356 g/mol. The molecule has 0 saturated heterocycles. The Morgan fingerprint density at radius 3 is 2.73 bits per heavy atom. The SMILES string of the molecule is Cc1nn(-c2ccc(-c3n[nH]c(=S)o3)cc2)c(=O)n1/N=C/c1ccco1. The highest BCUT2D eigenvalue weighted by atomic mass is 32.1. The maximum absolute atomic E-state index is 12.6. The molecule has 0 amide bonds. The van der Waals surface area contributed by atoms with Crippen LogP contribution in [0.3, 0.4) is 0 Å². The molecule has 3 heterocycles. The van der Waals surface area contributed by atoms with E-state index >= 15 is 0 Å². The van der Waals surface area contributed by atoms with Crippen LogP contribution in [0.2, 0.25) is 0 Å². The molecule has 4 rings (SSSR count). The van der Waals surface area contributed by atoms with Gasteiger partial charge in [0.15, 0.2) is 5.82 Å². The number of aryl methyl sites for hydroxylation is 1. The van der Waals surface area contributed by atoms with E-state index in [4.69, 9.17) is 21.1 Å². The molecular formula is C16H12N6O3S. The summed E-state index contributed by atoms with van der Waals surface area (Å²) in [4.78, 5) is 12.8. The van der Waals surface area contributed by atoms with Gasteiger partial charge in [-0.3, -0.25) is 0 Å². The molecule has 4 aromatic rings. The van der Waals surface area contributed by atoms with Gasteiger partial charge in [-0.2, -0.15) is 14.5 Å². The first-order valence-electron chi connectivity index (χ1n) is 7.55. The van der Waals surface area contributed by atoms with Crippen molar-refractivity contribution in [2.24, 2.45) is 5.10 Å². The van der Waals surface area contributed by atoms with Crippen LogP contribution in [-0.2, 0) is 0 Å². The van der Waals surface area contributed by atoms with E-state index in [9.17, 15) is 4.79 Å². The van der Waals surface area contributed by atoms with Crippen molar-refractivity contribution in [3.05, 3.63) is 69.6 Å². The van der Waals surface area contributed by atoms with Crippen LogP contribution in [0.25, 0.3) is 17.1 Å². The molecule has 3 aromatic heterocycles. The van der Waals surface area contributed by atoms with Gasteiger partial charge < -0.3 is 8.83 Å². The molecule has 10 heteroatoms. The summed E-state index contributed by atoms with van der Waals surface area (Å²) in [6.45, 7) is 1.69. The predicted octanol–water partition coefficient (Wildman–Crippen LogP) is 2.53. The van der Waals surface area contributed by atoms with Crippen molar-refractivity contribution in [1.82, 2.24) is 24.7 Å². The maximum atomic E-state index is 12.6. The number of rotatable bonds is 4. The normalized spacial score (nSPS) is 11.4. The summed E-state index contributed by atoms with van der Waals surface area (Å²) in [5.41, 5.74) is 0.916. The number of furan rings is 1. The first-order chi connectivity index (χ1) is 12.6. The lowest BCUT2D eigenvalue weighted by Crippen LogP contribution is -2.21. The van der Waals surface area contributed by atoms with Gasteiger partial charge in [0.1, 0.15) is 5.76 Å². The number of hydrogen-bond acceptors (Lipinski definition) is 7. The van der Waals surface area contributed by atoms with Crippen LogP contribution in [0, 0.1) is 11.8 Å². The van der Waals surface area contributed by atoms with Gasteiger partial charge in [0.25, 0.3) is 4.84 Å². The summed E-state index contributed by atoms with van der Waals surface area (Å²) in [6.07, 6.45) is 2.98. The summed E-state index contributed by atoms with van der Waals surface area (Å²) in [6, 6.07) is 10.5. The van der Waals surface area contributed by atoms with Crippen LogP contribution in [0.15, 0.2) is 61.4 Å². The van der Waals surface area contributed by atoms with Crippen LogP contribution in [0.4, 0.5) is 0 Å². The zero-order valence-electron chi connectivity index (χ0n) is 13.5. The lowest BCUT2D eigenvalue weighted by molar-refractivity contribution is 0.552. The number of aromatic amines is 1. The van der Waals surface area contributed by atoms with Crippen molar-refractivity contribution >= 4 is 18.4 Å². The molecule has 0 fully saturated rings. The van der Waals surface area contributed by atoms with Gasteiger partial charge in [-0.15, -0.1) is 10.2 Å². The summed E-state index contributed by atoms with van der Waals surface area (Å²) >= 11 is 4.86. The highest BCUT2D eigenvalue weighted by molar-refractivity contribution is 7.71. The molecule has 0 unspecified atom stereocenters. The number of H-pyrrole nitrogens is 1. The van der Waals surface area contributed by atoms with Crippen molar-refractivity contribution in [2.45, 2.75) is 6.92 Å². The standard InChI is InChI=1S/C16H12N6O3S/c1-10-20-22(16(23)21(10)17-9-13-3-2-8-24-13)12-6-4-11(5-7-12)14-18-19-15(26)25-14/h2-9H,1H3,(H,19,26)/b17-9+. The maximum Gasteiger partial charge on any atom is 0.371 e. The monoisotopic (exact) mass is 368 g/mol. The zero-order chi connectivity index (χ0) is 18.1. The first kappa shape index (κ1) is 16.0.